The summed E-state index contributed by atoms with van der Waals surface area (Å²) in [6.07, 6.45) is 0.177. The third-order valence-corrected chi connectivity index (χ3v) is 4.02. The number of para-hydroxylation sites is 1. The van der Waals surface area contributed by atoms with Gasteiger partial charge in [-0.2, -0.15) is 0 Å². The molecule has 0 unspecified atom stereocenters. The lowest BCUT2D eigenvalue weighted by molar-refractivity contribution is -0.123. The van der Waals surface area contributed by atoms with Crippen molar-refractivity contribution in [2.24, 2.45) is 5.41 Å². The number of hydrogen-bond acceptors (Lipinski definition) is 4. The zero-order chi connectivity index (χ0) is 17.0. The Kier molecular flexibility index (Phi) is 5.15. The third-order valence-electron chi connectivity index (χ3n) is 3.21. The van der Waals surface area contributed by atoms with Crippen LogP contribution >= 0.6 is 11.3 Å². The summed E-state index contributed by atoms with van der Waals surface area (Å²) in [5, 5.41) is 7.95. The Morgan fingerprint density at radius 3 is 2.52 bits per heavy atom. The van der Waals surface area contributed by atoms with Crippen LogP contribution in [0.5, 0.6) is 0 Å². The number of hydrogen-bond donors (Lipinski definition) is 2. The highest BCUT2D eigenvalue weighted by molar-refractivity contribution is 7.13. The smallest absolute Gasteiger partial charge is 0.231 e. The van der Waals surface area contributed by atoms with Crippen molar-refractivity contribution in [2.75, 3.05) is 10.6 Å². The summed E-state index contributed by atoms with van der Waals surface area (Å²) in [6.45, 7) is 7.46. The quantitative estimate of drug-likeness (QED) is 0.899. The van der Waals surface area contributed by atoms with Gasteiger partial charge in [0.25, 0.3) is 0 Å². The minimum atomic E-state index is -0.478. The van der Waals surface area contributed by atoms with E-state index in [4.69, 9.17) is 0 Å². The molecule has 2 aromatic rings. The first-order valence-electron chi connectivity index (χ1n) is 7.37. The number of carbonyl (C=O) groups excluding carboxylic acids is 2. The van der Waals surface area contributed by atoms with E-state index in [1.165, 1.54) is 11.3 Å². The summed E-state index contributed by atoms with van der Waals surface area (Å²) in [4.78, 5) is 28.3. The minimum absolute atomic E-state index is 0.0947. The van der Waals surface area contributed by atoms with Crippen LogP contribution in [0.15, 0.2) is 29.6 Å². The Bertz CT molecular complexity index is 717. The van der Waals surface area contributed by atoms with Gasteiger partial charge in [-0.15, -0.1) is 11.3 Å². The van der Waals surface area contributed by atoms with Crippen LogP contribution in [0.4, 0.5) is 10.8 Å². The second-order valence-corrected chi connectivity index (χ2v) is 7.25. The van der Waals surface area contributed by atoms with E-state index in [0.29, 0.717) is 10.8 Å². The molecule has 0 saturated carbocycles. The molecule has 0 bridgehead atoms. The Morgan fingerprint density at radius 1 is 1.17 bits per heavy atom. The lowest BCUT2D eigenvalue weighted by atomic mass is 9.96. The number of nitrogens with one attached hydrogen (secondary N) is 2. The lowest BCUT2D eigenvalue weighted by Crippen LogP contribution is -2.27. The number of benzene rings is 1. The van der Waals surface area contributed by atoms with E-state index in [1.54, 1.807) is 5.38 Å². The number of thiazole rings is 1. The highest BCUT2D eigenvalue weighted by Crippen LogP contribution is 2.21. The molecule has 122 valence electrons. The summed E-state index contributed by atoms with van der Waals surface area (Å²) in [6, 6.07) is 7.61. The number of aromatic nitrogens is 1. The Morgan fingerprint density at radius 2 is 1.87 bits per heavy atom. The minimum Gasteiger partial charge on any atom is -0.326 e. The van der Waals surface area contributed by atoms with Crippen molar-refractivity contribution >= 4 is 34.0 Å². The van der Waals surface area contributed by atoms with Crippen molar-refractivity contribution in [3.63, 3.8) is 0 Å². The summed E-state index contributed by atoms with van der Waals surface area (Å²) >= 11 is 1.32. The third kappa shape index (κ3) is 4.89. The van der Waals surface area contributed by atoms with Gasteiger partial charge in [0.1, 0.15) is 0 Å². The zero-order valence-corrected chi connectivity index (χ0v) is 14.6. The fourth-order valence-corrected chi connectivity index (χ4v) is 2.51. The van der Waals surface area contributed by atoms with Crippen LogP contribution in [0.3, 0.4) is 0 Å². The first kappa shape index (κ1) is 17.1. The Balaban J connectivity index is 1.95. The molecule has 1 aromatic heterocycles. The predicted octanol–water partition coefficient (Wildman–Crippen LogP) is 3.62. The molecule has 0 spiro atoms. The molecule has 6 heteroatoms. The molecule has 0 atom stereocenters. The van der Waals surface area contributed by atoms with Crippen LogP contribution < -0.4 is 10.6 Å². The fraction of sp³-hybridized carbons (Fsp3) is 0.353. The van der Waals surface area contributed by atoms with E-state index in [0.717, 1.165) is 11.3 Å². The monoisotopic (exact) mass is 331 g/mol. The van der Waals surface area contributed by atoms with Crippen molar-refractivity contribution in [2.45, 2.75) is 34.1 Å². The molecule has 2 amide bonds. The van der Waals surface area contributed by atoms with Crippen LogP contribution in [0.1, 0.15) is 32.0 Å². The molecule has 2 N–H and O–H groups in total. The van der Waals surface area contributed by atoms with Gasteiger partial charge in [-0.3, -0.25) is 9.59 Å². The highest BCUT2D eigenvalue weighted by Gasteiger charge is 2.22. The zero-order valence-electron chi connectivity index (χ0n) is 13.8. The number of anilines is 2. The average Bonchev–Trinajstić information content (AvgIpc) is 2.87. The van der Waals surface area contributed by atoms with Gasteiger partial charge in [0, 0.05) is 16.5 Å². The molecule has 0 fully saturated rings. The second kappa shape index (κ2) is 6.91. The number of rotatable bonds is 4. The van der Waals surface area contributed by atoms with E-state index in [2.05, 4.69) is 15.6 Å². The van der Waals surface area contributed by atoms with E-state index in [-0.39, 0.29) is 18.2 Å². The molecule has 2 rings (SSSR count). The van der Waals surface area contributed by atoms with Crippen molar-refractivity contribution in [3.05, 3.63) is 40.9 Å². The maximum atomic E-state index is 12.1. The van der Waals surface area contributed by atoms with E-state index >= 15 is 0 Å². The van der Waals surface area contributed by atoms with E-state index < -0.39 is 5.41 Å². The molecular weight excluding hydrogens is 310 g/mol. The van der Waals surface area contributed by atoms with Crippen molar-refractivity contribution in [1.82, 2.24) is 4.98 Å². The largest absolute Gasteiger partial charge is 0.326 e. The number of nitrogens with zero attached hydrogens (tertiary/aromatic N) is 1. The maximum Gasteiger partial charge on any atom is 0.231 e. The van der Waals surface area contributed by atoms with Crippen LogP contribution in [0, 0.1) is 12.3 Å². The number of carbonyl (C=O) groups is 2. The molecule has 0 aliphatic carbocycles. The van der Waals surface area contributed by atoms with Gasteiger partial charge in [-0.05, 0) is 18.6 Å². The van der Waals surface area contributed by atoms with Crippen LogP contribution in [-0.2, 0) is 16.0 Å². The summed E-state index contributed by atoms with van der Waals surface area (Å²) in [7, 11) is 0. The van der Waals surface area contributed by atoms with E-state index in [9.17, 15) is 9.59 Å². The van der Waals surface area contributed by atoms with Gasteiger partial charge in [0.15, 0.2) is 5.13 Å². The molecule has 23 heavy (non-hydrogen) atoms. The van der Waals surface area contributed by atoms with Gasteiger partial charge in [0.2, 0.25) is 11.8 Å². The molecule has 0 radical (unpaired) electrons. The predicted molar refractivity (Wildman–Crippen MR) is 93.7 cm³/mol. The van der Waals surface area contributed by atoms with Crippen LogP contribution in [0.2, 0.25) is 0 Å². The number of aryl methyl sites for hydroxylation is 1. The van der Waals surface area contributed by atoms with Crippen LogP contribution in [0.25, 0.3) is 0 Å². The fourth-order valence-electron chi connectivity index (χ4n) is 1.80. The van der Waals surface area contributed by atoms with Gasteiger partial charge in [-0.25, -0.2) is 4.98 Å². The first-order chi connectivity index (χ1) is 10.8. The van der Waals surface area contributed by atoms with Gasteiger partial charge < -0.3 is 10.6 Å². The topological polar surface area (TPSA) is 71.1 Å². The van der Waals surface area contributed by atoms with Crippen molar-refractivity contribution < 1.29 is 9.59 Å². The second-order valence-electron chi connectivity index (χ2n) is 6.39. The first-order valence-corrected chi connectivity index (χ1v) is 8.25. The molecule has 1 heterocycles. The SMILES string of the molecule is Cc1ccccc1NC(=O)Cc1csc(NC(=O)C(C)(C)C)n1. The standard InChI is InChI=1S/C17H21N3O2S/c1-11-7-5-6-8-13(11)19-14(21)9-12-10-23-16(18-12)20-15(22)17(2,3)4/h5-8,10H,9H2,1-4H3,(H,19,21)(H,18,20,22). The van der Waals surface area contributed by atoms with Gasteiger partial charge in [-0.1, -0.05) is 39.0 Å². The molecule has 0 saturated heterocycles. The lowest BCUT2D eigenvalue weighted by Gasteiger charge is -2.15. The van der Waals surface area contributed by atoms with Crippen LogP contribution in [-0.4, -0.2) is 16.8 Å². The van der Waals surface area contributed by atoms with Gasteiger partial charge in [0.05, 0.1) is 12.1 Å². The Labute approximate surface area is 140 Å². The molecule has 0 aliphatic heterocycles. The summed E-state index contributed by atoms with van der Waals surface area (Å²) in [5.74, 6) is -0.221. The summed E-state index contributed by atoms with van der Waals surface area (Å²) < 4.78 is 0. The number of amides is 2. The molecular formula is C17H21N3O2S. The summed E-state index contributed by atoms with van der Waals surface area (Å²) in [5.41, 5.74) is 1.98. The Hall–Kier alpha value is -2.21. The highest BCUT2D eigenvalue weighted by atomic mass is 32.1. The van der Waals surface area contributed by atoms with E-state index in [1.807, 2.05) is 52.0 Å². The van der Waals surface area contributed by atoms with Crippen molar-refractivity contribution in [1.29, 1.82) is 0 Å². The molecule has 5 nitrogen and oxygen atoms in total. The molecule has 0 aliphatic rings. The maximum absolute atomic E-state index is 12.1. The average molecular weight is 331 g/mol. The molecule has 1 aromatic carbocycles. The normalized spacial score (nSPS) is 11.1. The van der Waals surface area contributed by atoms with Crippen molar-refractivity contribution in [3.8, 4) is 0 Å². The van der Waals surface area contributed by atoms with Gasteiger partial charge >= 0.3 is 0 Å².